The van der Waals surface area contributed by atoms with Crippen LogP contribution in [0.3, 0.4) is 0 Å². The van der Waals surface area contributed by atoms with Gasteiger partial charge in [0, 0.05) is 76.5 Å². The Labute approximate surface area is 264 Å². The van der Waals surface area contributed by atoms with E-state index in [4.69, 9.17) is 28.4 Å². The van der Waals surface area contributed by atoms with Crippen LogP contribution in [0.15, 0.2) is 30.3 Å². The van der Waals surface area contributed by atoms with Crippen molar-refractivity contribution in [2.75, 3.05) is 48.1 Å². The molecule has 1 aromatic rings. The molecule has 7 bridgehead atoms. The molecular formula is C34H47NO10. The molecule has 45 heavy (non-hydrogen) atoms. The smallest absolute Gasteiger partial charge is 0.338 e. The highest BCUT2D eigenvalue weighted by atomic mass is 16.6. The van der Waals surface area contributed by atoms with Crippen LogP contribution in [-0.4, -0.2) is 123 Å². The van der Waals surface area contributed by atoms with E-state index in [1.54, 1.807) is 45.6 Å². The third kappa shape index (κ3) is 3.66. The number of carbonyl (C=O) groups excluding carboxylic acids is 2. The van der Waals surface area contributed by atoms with Gasteiger partial charge in [-0.25, -0.2) is 4.79 Å². The van der Waals surface area contributed by atoms with Crippen molar-refractivity contribution >= 4 is 11.9 Å². The molecule has 248 valence electrons. The molecule has 5 saturated carbocycles. The topological polar surface area (TPSA) is 133 Å². The molecule has 0 amide bonds. The summed E-state index contributed by atoms with van der Waals surface area (Å²) in [6.07, 6.45) is -2.64. The minimum absolute atomic E-state index is 0.101. The molecule has 11 heteroatoms. The number of aliphatic hydroxyl groups excluding tert-OH is 1. The van der Waals surface area contributed by atoms with Gasteiger partial charge in [0.1, 0.15) is 23.9 Å². The van der Waals surface area contributed by atoms with Crippen molar-refractivity contribution in [2.45, 2.75) is 80.9 Å². The first kappa shape index (κ1) is 31.5. The van der Waals surface area contributed by atoms with Gasteiger partial charge in [-0.1, -0.05) is 25.1 Å². The lowest BCUT2D eigenvalue weighted by Gasteiger charge is -2.69. The fraction of sp³-hybridized carbons (Fsp3) is 0.765. The van der Waals surface area contributed by atoms with Crippen molar-refractivity contribution < 1.29 is 48.2 Å². The molecule has 7 unspecified atom stereocenters. The Morgan fingerprint density at radius 3 is 2.36 bits per heavy atom. The normalized spacial score (nSPS) is 49.1. The monoisotopic (exact) mass is 629 g/mol. The average molecular weight is 630 g/mol. The Morgan fingerprint density at radius 1 is 1.02 bits per heavy atom. The van der Waals surface area contributed by atoms with E-state index >= 15 is 0 Å². The molecule has 6 aliphatic rings. The number of esters is 2. The number of hydrogen-bond donors (Lipinski definition) is 2. The van der Waals surface area contributed by atoms with Gasteiger partial charge in [-0.15, -0.1) is 0 Å². The van der Waals surface area contributed by atoms with Crippen molar-refractivity contribution in [3.8, 4) is 0 Å². The fourth-order valence-electron chi connectivity index (χ4n) is 12.4. The van der Waals surface area contributed by atoms with Gasteiger partial charge in [0.05, 0.1) is 24.4 Å². The molecule has 1 saturated heterocycles. The first-order chi connectivity index (χ1) is 21.6. The predicted molar refractivity (Wildman–Crippen MR) is 159 cm³/mol. The number of likely N-dealkylation sites (tertiary alicyclic amines) is 1. The van der Waals surface area contributed by atoms with E-state index < -0.39 is 64.8 Å². The maximum Gasteiger partial charge on any atom is 0.338 e. The van der Waals surface area contributed by atoms with Gasteiger partial charge in [-0.05, 0) is 43.9 Å². The summed E-state index contributed by atoms with van der Waals surface area (Å²) in [5.41, 5.74) is -3.92. The van der Waals surface area contributed by atoms with Gasteiger partial charge in [-0.2, -0.15) is 0 Å². The van der Waals surface area contributed by atoms with Crippen LogP contribution in [0.1, 0.15) is 43.5 Å². The molecular weight excluding hydrogens is 582 g/mol. The van der Waals surface area contributed by atoms with Gasteiger partial charge < -0.3 is 38.6 Å². The molecule has 7 rings (SSSR count). The lowest BCUT2D eigenvalue weighted by Crippen LogP contribution is -2.80. The zero-order chi connectivity index (χ0) is 32.1. The SMILES string of the molecule is CCN1C[C@]2(COC)CC[C@H](OC)[C@@]34C5CC6(O)C(OC(=O)c7ccccc7)C5[C@@](OC(C)=O)([C@@H](C(OC)C23)C14)[C@@H](O)[C@@H]6OC. The lowest BCUT2D eigenvalue weighted by atomic mass is 9.43. The Kier molecular flexibility index (Phi) is 7.48. The Hall–Kier alpha value is -2.12. The second-order valence-corrected chi connectivity index (χ2v) is 14.3. The lowest BCUT2D eigenvalue weighted by molar-refractivity contribution is -0.317. The van der Waals surface area contributed by atoms with E-state index in [2.05, 4.69) is 11.8 Å². The quantitative estimate of drug-likeness (QED) is 0.387. The van der Waals surface area contributed by atoms with Crippen molar-refractivity contribution in [3.05, 3.63) is 35.9 Å². The van der Waals surface area contributed by atoms with Crippen LogP contribution in [0.5, 0.6) is 0 Å². The molecule has 6 fully saturated rings. The van der Waals surface area contributed by atoms with E-state index in [1.807, 2.05) is 6.07 Å². The third-order valence-electron chi connectivity index (χ3n) is 13.0. The molecule has 11 nitrogen and oxygen atoms in total. The van der Waals surface area contributed by atoms with Crippen molar-refractivity contribution in [1.29, 1.82) is 0 Å². The molecule has 14 atom stereocenters. The summed E-state index contributed by atoms with van der Waals surface area (Å²) in [4.78, 5) is 29.4. The second kappa shape index (κ2) is 10.7. The molecule has 5 aliphatic carbocycles. The third-order valence-corrected chi connectivity index (χ3v) is 13.0. The zero-order valence-corrected chi connectivity index (χ0v) is 27.0. The Morgan fingerprint density at radius 2 is 1.76 bits per heavy atom. The van der Waals surface area contributed by atoms with E-state index in [0.717, 1.165) is 19.4 Å². The number of rotatable bonds is 9. The molecule has 0 radical (unpaired) electrons. The van der Waals surface area contributed by atoms with Gasteiger partial charge in [-0.3, -0.25) is 9.69 Å². The number of carbonyl (C=O) groups is 2. The van der Waals surface area contributed by atoms with E-state index in [1.165, 1.54) is 14.0 Å². The highest BCUT2D eigenvalue weighted by molar-refractivity contribution is 5.89. The molecule has 1 spiro atoms. The first-order valence-corrected chi connectivity index (χ1v) is 16.2. The number of benzene rings is 1. The molecule has 1 heterocycles. The summed E-state index contributed by atoms with van der Waals surface area (Å²) in [5.74, 6) is -2.95. The first-order valence-electron chi connectivity index (χ1n) is 16.2. The number of aliphatic hydroxyl groups is 2. The maximum atomic E-state index is 13.7. The highest BCUT2D eigenvalue weighted by Crippen LogP contribution is 2.80. The predicted octanol–water partition coefficient (Wildman–Crippen LogP) is 1.68. The largest absolute Gasteiger partial charge is 0.455 e. The minimum atomic E-state index is -1.76. The average Bonchev–Trinajstić information content (AvgIpc) is 3.40. The summed E-state index contributed by atoms with van der Waals surface area (Å²) in [6, 6.07) is 8.42. The van der Waals surface area contributed by atoms with E-state index in [-0.39, 0.29) is 35.8 Å². The Balaban J connectivity index is 1.52. The second-order valence-electron chi connectivity index (χ2n) is 14.3. The molecule has 1 aromatic carbocycles. The van der Waals surface area contributed by atoms with E-state index in [0.29, 0.717) is 18.7 Å². The van der Waals surface area contributed by atoms with Crippen molar-refractivity contribution in [2.24, 2.45) is 34.5 Å². The summed E-state index contributed by atoms with van der Waals surface area (Å²) in [6.45, 7) is 5.44. The minimum Gasteiger partial charge on any atom is -0.455 e. The van der Waals surface area contributed by atoms with Gasteiger partial charge in [0.25, 0.3) is 0 Å². The number of ether oxygens (including phenoxy) is 6. The number of hydrogen-bond acceptors (Lipinski definition) is 11. The van der Waals surface area contributed by atoms with Crippen LogP contribution in [0.25, 0.3) is 0 Å². The number of fused-ring (bicyclic) bond motifs is 2. The van der Waals surface area contributed by atoms with Crippen LogP contribution in [-0.2, 0) is 33.2 Å². The van der Waals surface area contributed by atoms with Crippen molar-refractivity contribution in [3.63, 3.8) is 0 Å². The van der Waals surface area contributed by atoms with Crippen LogP contribution < -0.4 is 0 Å². The summed E-state index contributed by atoms with van der Waals surface area (Å²) in [7, 11) is 6.59. The van der Waals surface area contributed by atoms with Gasteiger partial charge >= 0.3 is 11.9 Å². The summed E-state index contributed by atoms with van der Waals surface area (Å²) < 4.78 is 37.7. The summed E-state index contributed by atoms with van der Waals surface area (Å²) >= 11 is 0. The van der Waals surface area contributed by atoms with Crippen LogP contribution in [0, 0.1) is 34.5 Å². The molecule has 2 N–H and O–H groups in total. The van der Waals surface area contributed by atoms with Crippen LogP contribution >= 0.6 is 0 Å². The van der Waals surface area contributed by atoms with E-state index in [9.17, 15) is 19.8 Å². The number of nitrogens with zero attached hydrogens (tertiary/aromatic N) is 1. The van der Waals surface area contributed by atoms with Gasteiger partial charge in [0.15, 0.2) is 5.60 Å². The van der Waals surface area contributed by atoms with Crippen LogP contribution in [0.4, 0.5) is 0 Å². The van der Waals surface area contributed by atoms with Gasteiger partial charge in [0.2, 0.25) is 0 Å². The Bertz CT molecular complexity index is 1330. The highest BCUT2D eigenvalue weighted by Gasteiger charge is 2.91. The fourth-order valence-corrected chi connectivity index (χ4v) is 12.4. The standard InChI is InChI=1S/C34H47NO10/c1-7-35-16-31(17-40-3)14-13-21(41-4)33-20-15-32(39)28(44-30(38)19-11-9-8-10-12-19)22(20)34(45-18(2)36,27(37)29(32)43-6)23(26(33)35)24(42-5)25(31)33/h8-12,20-29,37,39H,7,13-17H2,1-6H3/t20?,21-,22?,23-,24?,25?,26?,27-,28?,29-,31-,32?,33-,34+/m0/s1. The molecule has 0 aromatic heterocycles. The summed E-state index contributed by atoms with van der Waals surface area (Å²) in [5, 5.41) is 25.3. The maximum absolute atomic E-state index is 13.7. The molecule has 1 aliphatic heterocycles. The van der Waals surface area contributed by atoms with Crippen molar-refractivity contribution in [1.82, 2.24) is 4.90 Å². The number of piperidine rings is 1. The number of methoxy groups -OCH3 is 4. The van der Waals surface area contributed by atoms with Crippen LogP contribution in [0.2, 0.25) is 0 Å². The zero-order valence-electron chi connectivity index (χ0n) is 27.0.